The third-order valence-corrected chi connectivity index (χ3v) is 5.71. The molecule has 0 aliphatic carbocycles. The van der Waals surface area contributed by atoms with Gasteiger partial charge in [-0.3, -0.25) is 4.72 Å². The zero-order valence-corrected chi connectivity index (χ0v) is 15.3. The molecule has 0 fully saturated rings. The highest BCUT2D eigenvalue weighted by atomic mass is 32.2. The van der Waals surface area contributed by atoms with Gasteiger partial charge >= 0.3 is 0 Å². The van der Waals surface area contributed by atoms with Crippen LogP contribution in [0.1, 0.15) is 5.56 Å². The predicted octanol–water partition coefficient (Wildman–Crippen LogP) is 2.36. The smallest absolute Gasteiger partial charge is 0.262 e. The van der Waals surface area contributed by atoms with Crippen molar-refractivity contribution >= 4 is 15.7 Å². The molecule has 1 aliphatic heterocycles. The highest BCUT2D eigenvalue weighted by Crippen LogP contribution is 2.40. The lowest BCUT2D eigenvalue weighted by Gasteiger charge is -2.32. The van der Waals surface area contributed by atoms with Gasteiger partial charge in [-0.25, -0.2) is 8.42 Å². The number of benzene rings is 2. The van der Waals surface area contributed by atoms with E-state index < -0.39 is 10.0 Å². The quantitative estimate of drug-likeness (QED) is 0.884. The maximum Gasteiger partial charge on any atom is 0.262 e. The minimum atomic E-state index is -3.68. The fraction of sp³-hybridized carbons (Fsp3) is 0.333. The third-order valence-electron chi connectivity index (χ3n) is 4.33. The molecule has 0 saturated heterocycles. The van der Waals surface area contributed by atoms with Crippen molar-refractivity contribution in [2.24, 2.45) is 0 Å². The van der Waals surface area contributed by atoms with Gasteiger partial charge in [0.1, 0.15) is 18.1 Å². The first-order chi connectivity index (χ1) is 11.9. The summed E-state index contributed by atoms with van der Waals surface area (Å²) in [6.45, 7) is 0.493. The van der Waals surface area contributed by atoms with Crippen LogP contribution >= 0.6 is 0 Å². The Bertz CT molecular complexity index is 851. The summed E-state index contributed by atoms with van der Waals surface area (Å²) in [6.07, 6.45) is 0.729. The molecule has 0 aromatic heterocycles. The van der Waals surface area contributed by atoms with Gasteiger partial charge in [0, 0.05) is 11.6 Å². The molecule has 0 amide bonds. The van der Waals surface area contributed by atoms with Gasteiger partial charge in [-0.1, -0.05) is 18.2 Å². The molecule has 25 heavy (non-hydrogen) atoms. The number of likely N-dealkylation sites (N-methyl/N-ethyl adjacent to an activating group) is 1. The van der Waals surface area contributed by atoms with Crippen LogP contribution in [0, 0.1) is 0 Å². The summed E-state index contributed by atoms with van der Waals surface area (Å²) in [7, 11) is 1.91. The van der Waals surface area contributed by atoms with E-state index in [0.717, 1.165) is 12.0 Å². The van der Waals surface area contributed by atoms with E-state index in [0.29, 0.717) is 23.8 Å². The second-order valence-electron chi connectivity index (χ2n) is 6.17. The van der Waals surface area contributed by atoms with Gasteiger partial charge in [-0.15, -0.1) is 0 Å². The van der Waals surface area contributed by atoms with E-state index in [-0.39, 0.29) is 10.9 Å². The lowest BCUT2D eigenvalue weighted by Crippen LogP contribution is -2.38. The molecule has 2 aromatic rings. The zero-order chi connectivity index (χ0) is 18.0. The number of nitrogens with zero attached hydrogens (tertiary/aromatic N) is 1. The number of sulfonamides is 1. The monoisotopic (exact) mass is 362 g/mol. The maximum absolute atomic E-state index is 12.6. The van der Waals surface area contributed by atoms with Crippen molar-refractivity contribution in [2.75, 3.05) is 32.5 Å². The molecule has 0 unspecified atom stereocenters. The Morgan fingerprint density at radius 3 is 2.52 bits per heavy atom. The maximum atomic E-state index is 12.6. The van der Waals surface area contributed by atoms with E-state index in [1.54, 1.807) is 49.6 Å². The molecule has 1 atom stereocenters. The standard InChI is InChI=1S/C18H22N2O4S/c1-20(2)13-11-15-17(23-3)10-9-16(18(15)24-12-13)19-25(21,22)14-7-5-4-6-8-14/h4-10,13,19H,11-12H2,1-3H3/t13-/m1/s1. The van der Waals surface area contributed by atoms with Gasteiger partial charge in [0.2, 0.25) is 0 Å². The fourth-order valence-corrected chi connectivity index (χ4v) is 3.93. The van der Waals surface area contributed by atoms with Crippen LogP contribution in [0.15, 0.2) is 47.4 Å². The number of methoxy groups -OCH3 is 1. The fourth-order valence-electron chi connectivity index (χ4n) is 2.85. The highest BCUT2D eigenvalue weighted by Gasteiger charge is 2.28. The number of hydrogen-bond donors (Lipinski definition) is 1. The minimum absolute atomic E-state index is 0.210. The van der Waals surface area contributed by atoms with Crippen LogP contribution in [0.4, 0.5) is 5.69 Å². The van der Waals surface area contributed by atoms with Crippen molar-refractivity contribution in [3.8, 4) is 11.5 Å². The minimum Gasteiger partial charge on any atom is -0.496 e. The molecule has 0 bridgehead atoms. The molecule has 7 heteroatoms. The first-order valence-corrected chi connectivity index (χ1v) is 9.47. The predicted molar refractivity (Wildman–Crippen MR) is 96.9 cm³/mol. The van der Waals surface area contributed by atoms with E-state index in [9.17, 15) is 8.42 Å². The molecule has 1 heterocycles. The Labute approximate surface area is 148 Å². The Hall–Kier alpha value is -2.25. The molecule has 6 nitrogen and oxygen atoms in total. The average molecular weight is 362 g/mol. The van der Waals surface area contributed by atoms with Gasteiger partial charge in [0.25, 0.3) is 10.0 Å². The van der Waals surface area contributed by atoms with Crippen LogP contribution in [-0.4, -0.2) is 47.2 Å². The molecule has 1 N–H and O–H groups in total. The first kappa shape index (κ1) is 17.6. The van der Waals surface area contributed by atoms with E-state index >= 15 is 0 Å². The summed E-state index contributed by atoms with van der Waals surface area (Å²) < 4.78 is 39.2. The molecular formula is C18H22N2O4S. The van der Waals surface area contributed by atoms with Gasteiger partial charge in [-0.05, 0) is 44.8 Å². The number of nitrogens with one attached hydrogen (secondary N) is 1. The van der Waals surface area contributed by atoms with E-state index in [1.165, 1.54) is 0 Å². The van der Waals surface area contributed by atoms with E-state index in [4.69, 9.17) is 9.47 Å². The van der Waals surface area contributed by atoms with Crippen molar-refractivity contribution in [2.45, 2.75) is 17.4 Å². The molecular weight excluding hydrogens is 340 g/mol. The van der Waals surface area contributed by atoms with Crippen molar-refractivity contribution in [1.82, 2.24) is 4.90 Å². The molecule has 1 aliphatic rings. The number of anilines is 1. The van der Waals surface area contributed by atoms with Crippen molar-refractivity contribution in [1.29, 1.82) is 0 Å². The van der Waals surface area contributed by atoms with Gasteiger partial charge < -0.3 is 14.4 Å². The van der Waals surface area contributed by atoms with E-state index in [1.807, 2.05) is 14.1 Å². The molecule has 2 aromatic carbocycles. The zero-order valence-electron chi connectivity index (χ0n) is 14.5. The lowest BCUT2D eigenvalue weighted by atomic mass is 10.00. The number of fused-ring (bicyclic) bond motifs is 1. The van der Waals surface area contributed by atoms with Crippen LogP contribution in [-0.2, 0) is 16.4 Å². The topological polar surface area (TPSA) is 67.9 Å². The highest BCUT2D eigenvalue weighted by molar-refractivity contribution is 7.92. The number of ether oxygens (including phenoxy) is 2. The number of hydrogen-bond acceptors (Lipinski definition) is 5. The van der Waals surface area contributed by atoms with Crippen LogP contribution < -0.4 is 14.2 Å². The lowest BCUT2D eigenvalue weighted by molar-refractivity contribution is 0.164. The molecule has 0 spiro atoms. The normalized spacial score (nSPS) is 16.9. The Morgan fingerprint density at radius 1 is 1.16 bits per heavy atom. The SMILES string of the molecule is COc1ccc(NS(=O)(=O)c2ccccc2)c2c1C[C@@H](N(C)C)CO2. The summed E-state index contributed by atoms with van der Waals surface area (Å²) in [5.41, 5.74) is 1.30. The summed E-state index contributed by atoms with van der Waals surface area (Å²) >= 11 is 0. The van der Waals surface area contributed by atoms with E-state index in [2.05, 4.69) is 9.62 Å². The molecule has 0 saturated carbocycles. The van der Waals surface area contributed by atoms with Crippen LogP contribution in [0.5, 0.6) is 11.5 Å². The number of rotatable bonds is 5. The van der Waals surface area contributed by atoms with Gasteiger partial charge in [0.15, 0.2) is 0 Å². The first-order valence-electron chi connectivity index (χ1n) is 7.99. The molecule has 3 rings (SSSR count). The average Bonchev–Trinajstić information content (AvgIpc) is 2.62. The summed E-state index contributed by atoms with van der Waals surface area (Å²) in [5.74, 6) is 1.24. The molecule has 134 valence electrons. The van der Waals surface area contributed by atoms with Crippen molar-refractivity contribution in [3.63, 3.8) is 0 Å². The van der Waals surface area contributed by atoms with Crippen molar-refractivity contribution in [3.05, 3.63) is 48.0 Å². The molecule has 0 radical (unpaired) electrons. The second-order valence-corrected chi connectivity index (χ2v) is 7.86. The summed E-state index contributed by atoms with van der Waals surface area (Å²) in [4.78, 5) is 2.30. The van der Waals surface area contributed by atoms with Gasteiger partial charge in [0.05, 0.1) is 17.7 Å². The summed E-state index contributed by atoms with van der Waals surface area (Å²) in [5, 5.41) is 0. The Kier molecular flexibility index (Phi) is 4.87. The summed E-state index contributed by atoms with van der Waals surface area (Å²) in [6, 6.07) is 11.9. The van der Waals surface area contributed by atoms with Crippen LogP contribution in [0.2, 0.25) is 0 Å². The second kappa shape index (κ2) is 6.93. The van der Waals surface area contributed by atoms with Gasteiger partial charge in [-0.2, -0.15) is 0 Å². The third kappa shape index (κ3) is 3.57. The van der Waals surface area contributed by atoms with Crippen molar-refractivity contribution < 1.29 is 17.9 Å². The Morgan fingerprint density at radius 2 is 1.88 bits per heavy atom. The van der Waals surface area contributed by atoms with Crippen LogP contribution in [0.3, 0.4) is 0 Å². The van der Waals surface area contributed by atoms with Crippen LogP contribution in [0.25, 0.3) is 0 Å². The Balaban J connectivity index is 1.98. The largest absolute Gasteiger partial charge is 0.496 e.